The van der Waals surface area contributed by atoms with E-state index in [9.17, 15) is 9.59 Å². The van der Waals surface area contributed by atoms with Crippen LogP contribution in [0.4, 0.5) is 0 Å². The fraction of sp³-hybridized carbons (Fsp3) is 0.278. The van der Waals surface area contributed by atoms with E-state index >= 15 is 0 Å². The Balaban J connectivity index is 1.89. The highest BCUT2D eigenvalue weighted by Gasteiger charge is 2.16. The third kappa shape index (κ3) is 3.56. The summed E-state index contributed by atoms with van der Waals surface area (Å²) in [5.74, 6) is -0.877. The average molecular weight is 357 g/mol. The number of hydrogen-bond acceptors (Lipinski definition) is 5. The Morgan fingerprint density at radius 1 is 1.32 bits per heavy atom. The first-order chi connectivity index (χ1) is 12.1. The molecular weight excluding hydrogens is 338 g/mol. The van der Waals surface area contributed by atoms with Gasteiger partial charge in [0.15, 0.2) is 0 Å². The van der Waals surface area contributed by atoms with Crippen molar-refractivity contribution in [3.05, 3.63) is 41.4 Å². The normalized spacial score (nSPS) is 10.8. The minimum atomic E-state index is -0.494. The van der Waals surface area contributed by atoms with Crippen LogP contribution in [0.15, 0.2) is 35.7 Å². The number of esters is 1. The van der Waals surface area contributed by atoms with Crippen molar-refractivity contribution in [3.63, 3.8) is 0 Å². The molecule has 6 nitrogen and oxygen atoms in total. The molecule has 0 saturated carbocycles. The van der Waals surface area contributed by atoms with Crippen LogP contribution in [0, 0.1) is 0 Å². The lowest BCUT2D eigenvalue weighted by atomic mass is 10.2. The van der Waals surface area contributed by atoms with Crippen molar-refractivity contribution in [2.75, 3.05) is 13.7 Å². The number of benzene rings is 1. The number of hydrogen-bond donors (Lipinski definition) is 1. The maximum atomic E-state index is 12.1. The number of methoxy groups -OCH3 is 1. The molecule has 0 aliphatic rings. The predicted molar refractivity (Wildman–Crippen MR) is 97.7 cm³/mol. The molecule has 1 aromatic carbocycles. The van der Waals surface area contributed by atoms with Crippen LogP contribution in [-0.4, -0.2) is 35.1 Å². The summed E-state index contributed by atoms with van der Waals surface area (Å²) in [7, 11) is 1.28. The summed E-state index contributed by atoms with van der Waals surface area (Å²) >= 11 is 1.42. The smallest absolute Gasteiger partial charge is 0.325 e. The van der Waals surface area contributed by atoms with E-state index in [4.69, 9.17) is 0 Å². The Labute approximate surface area is 149 Å². The summed E-state index contributed by atoms with van der Waals surface area (Å²) in [4.78, 5) is 27.7. The molecule has 0 aliphatic heterocycles. The molecule has 0 aliphatic carbocycles. The number of nitrogens with one attached hydrogen (secondary N) is 1. The van der Waals surface area contributed by atoms with Gasteiger partial charge in [-0.15, -0.1) is 11.3 Å². The van der Waals surface area contributed by atoms with Crippen LogP contribution in [0.25, 0.3) is 21.6 Å². The fourth-order valence-corrected chi connectivity index (χ4v) is 3.49. The third-order valence-corrected chi connectivity index (χ3v) is 4.70. The zero-order chi connectivity index (χ0) is 17.8. The molecule has 1 amide bonds. The van der Waals surface area contributed by atoms with Gasteiger partial charge in [0.05, 0.1) is 12.8 Å². The van der Waals surface area contributed by atoms with Gasteiger partial charge in [-0.1, -0.05) is 25.1 Å². The number of para-hydroxylation sites is 1. The molecule has 0 fully saturated rings. The van der Waals surface area contributed by atoms with E-state index in [1.807, 2.05) is 12.1 Å². The Morgan fingerprint density at radius 3 is 2.88 bits per heavy atom. The SMILES string of the molecule is CCCn1c(-c2nc(C(=O)NCC(=O)OC)cs2)cc2ccccc21. The van der Waals surface area contributed by atoms with Crippen LogP contribution in [0.3, 0.4) is 0 Å². The number of carbonyl (C=O) groups is 2. The Morgan fingerprint density at radius 2 is 2.12 bits per heavy atom. The van der Waals surface area contributed by atoms with Crippen molar-refractivity contribution >= 4 is 34.1 Å². The van der Waals surface area contributed by atoms with E-state index < -0.39 is 5.97 Å². The summed E-state index contributed by atoms with van der Waals surface area (Å²) in [6.45, 7) is 2.84. The molecular formula is C18H19N3O3S. The maximum absolute atomic E-state index is 12.1. The summed E-state index contributed by atoms with van der Waals surface area (Å²) < 4.78 is 6.74. The highest BCUT2D eigenvalue weighted by molar-refractivity contribution is 7.13. The van der Waals surface area contributed by atoms with E-state index in [1.165, 1.54) is 18.4 Å². The van der Waals surface area contributed by atoms with Crippen LogP contribution >= 0.6 is 11.3 Å². The van der Waals surface area contributed by atoms with Crippen LogP contribution in [0.5, 0.6) is 0 Å². The lowest BCUT2D eigenvalue weighted by Gasteiger charge is -2.07. The fourth-order valence-electron chi connectivity index (χ4n) is 2.66. The zero-order valence-corrected chi connectivity index (χ0v) is 14.9. The molecule has 3 rings (SSSR count). The zero-order valence-electron chi connectivity index (χ0n) is 14.1. The largest absolute Gasteiger partial charge is 0.468 e. The monoisotopic (exact) mass is 357 g/mol. The minimum Gasteiger partial charge on any atom is -0.468 e. The van der Waals surface area contributed by atoms with Gasteiger partial charge in [-0.2, -0.15) is 0 Å². The Bertz CT molecular complexity index is 913. The molecule has 3 aromatic rings. The lowest BCUT2D eigenvalue weighted by molar-refractivity contribution is -0.139. The van der Waals surface area contributed by atoms with Gasteiger partial charge in [0.2, 0.25) is 0 Å². The molecule has 2 heterocycles. The molecule has 0 bridgehead atoms. The second-order valence-corrected chi connectivity index (χ2v) is 6.39. The van der Waals surface area contributed by atoms with Gasteiger partial charge in [0.1, 0.15) is 17.2 Å². The molecule has 2 aromatic heterocycles. The van der Waals surface area contributed by atoms with Gasteiger partial charge in [-0.3, -0.25) is 9.59 Å². The van der Waals surface area contributed by atoms with Crippen LogP contribution in [0.1, 0.15) is 23.8 Å². The second-order valence-electron chi connectivity index (χ2n) is 5.54. The van der Waals surface area contributed by atoms with Crippen molar-refractivity contribution < 1.29 is 14.3 Å². The van der Waals surface area contributed by atoms with Gasteiger partial charge in [-0.05, 0) is 18.6 Å². The van der Waals surface area contributed by atoms with Crippen LogP contribution in [0.2, 0.25) is 0 Å². The Hall–Kier alpha value is -2.67. The number of thiazole rings is 1. The molecule has 7 heteroatoms. The summed E-state index contributed by atoms with van der Waals surface area (Å²) in [6, 6.07) is 10.3. The number of aryl methyl sites for hydroxylation is 1. The summed E-state index contributed by atoms with van der Waals surface area (Å²) in [6.07, 6.45) is 1.00. The molecule has 130 valence electrons. The van der Waals surface area contributed by atoms with Crippen LogP contribution < -0.4 is 5.32 Å². The van der Waals surface area contributed by atoms with Crippen molar-refractivity contribution in [2.45, 2.75) is 19.9 Å². The number of amides is 1. The second kappa shape index (κ2) is 7.48. The van der Waals surface area contributed by atoms with Crippen molar-refractivity contribution in [1.29, 1.82) is 0 Å². The van der Waals surface area contributed by atoms with E-state index in [2.05, 4.69) is 44.7 Å². The topological polar surface area (TPSA) is 73.2 Å². The molecule has 0 spiro atoms. The number of ether oxygens (including phenoxy) is 1. The van der Waals surface area contributed by atoms with Gasteiger partial charge in [0.25, 0.3) is 5.91 Å². The number of aromatic nitrogens is 2. The van der Waals surface area contributed by atoms with Gasteiger partial charge < -0.3 is 14.6 Å². The highest BCUT2D eigenvalue weighted by atomic mass is 32.1. The number of fused-ring (bicyclic) bond motifs is 1. The summed E-state index contributed by atoms with van der Waals surface area (Å²) in [5, 5.41) is 6.14. The number of nitrogens with zero attached hydrogens (tertiary/aromatic N) is 2. The molecule has 0 saturated heterocycles. The maximum Gasteiger partial charge on any atom is 0.325 e. The first-order valence-corrected chi connectivity index (χ1v) is 8.91. The van der Waals surface area contributed by atoms with E-state index in [0.29, 0.717) is 5.69 Å². The first-order valence-electron chi connectivity index (χ1n) is 8.03. The Kier molecular flexibility index (Phi) is 5.14. The minimum absolute atomic E-state index is 0.168. The third-order valence-electron chi connectivity index (χ3n) is 3.83. The first kappa shape index (κ1) is 17.2. The van der Waals surface area contributed by atoms with Crippen molar-refractivity contribution in [1.82, 2.24) is 14.9 Å². The molecule has 0 atom stereocenters. The highest BCUT2D eigenvalue weighted by Crippen LogP contribution is 2.30. The molecule has 0 unspecified atom stereocenters. The predicted octanol–water partition coefficient (Wildman–Crippen LogP) is 3.08. The quantitative estimate of drug-likeness (QED) is 0.688. The summed E-state index contributed by atoms with van der Waals surface area (Å²) in [5.41, 5.74) is 2.46. The molecule has 25 heavy (non-hydrogen) atoms. The standard InChI is InChI=1S/C18H19N3O3S/c1-3-8-21-14-7-5-4-6-12(14)9-15(21)18-20-13(11-25-18)17(23)19-10-16(22)24-2/h4-7,9,11H,3,8,10H2,1-2H3,(H,19,23). The van der Waals surface area contributed by atoms with Crippen molar-refractivity contribution in [3.8, 4) is 10.7 Å². The number of rotatable bonds is 6. The van der Waals surface area contributed by atoms with Gasteiger partial charge in [0, 0.05) is 22.8 Å². The van der Waals surface area contributed by atoms with Crippen LogP contribution in [-0.2, 0) is 16.1 Å². The van der Waals surface area contributed by atoms with E-state index in [1.54, 1.807) is 5.38 Å². The van der Waals surface area contributed by atoms with E-state index in [0.717, 1.165) is 34.6 Å². The molecule has 0 radical (unpaired) electrons. The van der Waals surface area contributed by atoms with Gasteiger partial charge >= 0.3 is 5.97 Å². The van der Waals surface area contributed by atoms with Gasteiger partial charge in [-0.25, -0.2) is 4.98 Å². The number of carbonyl (C=O) groups excluding carboxylic acids is 2. The van der Waals surface area contributed by atoms with E-state index in [-0.39, 0.29) is 12.5 Å². The lowest BCUT2D eigenvalue weighted by Crippen LogP contribution is -2.30. The van der Waals surface area contributed by atoms with Crippen molar-refractivity contribution in [2.24, 2.45) is 0 Å². The molecule has 1 N–H and O–H groups in total. The average Bonchev–Trinajstić information content (AvgIpc) is 3.25.